The molecule has 0 bridgehead atoms. The molecule has 0 aliphatic heterocycles. The minimum atomic E-state index is 0.106. The zero-order valence-corrected chi connectivity index (χ0v) is 20.3. The lowest BCUT2D eigenvalue weighted by molar-refractivity contribution is 0.214. The molecule has 1 aliphatic rings. The summed E-state index contributed by atoms with van der Waals surface area (Å²) in [5.41, 5.74) is 15.9. The number of nitrogens with zero attached hydrogens (tertiary/aromatic N) is 1. The van der Waals surface area contributed by atoms with Crippen LogP contribution >= 0.6 is 12.2 Å². The van der Waals surface area contributed by atoms with Crippen LogP contribution in [0.3, 0.4) is 0 Å². The van der Waals surface area contributed by atoms with Gasteiger partial charge in [-0.2, -0.15) is 5.10 Å². The van der Waals surface area contributed by atoms with E-state index >= 15 is 0 Å². The summed E-state index contributed by atoms with van der Waals surface area (Å²) in [6.07, 6.45) is 1.99. The lowest BCUT2D eigenvalue weighted by Gasteiger charge is -2.47. The molecule has 0 radical (unpaired) electrons. The average molecular weight is 456 g/mol. The molecule has 1 aliphatic carbocycles. The molecule has 0 unspecified atom stereocenters. The van der Waals surface area contributed by atoms with Gasteiger partial charge in [0.25, 0.3) is 0 Å². The molecule has 3 aromatic carbocycles. The van der Waals surface area contributed by atoms with Crippen LogP contribution in [0.4, 0.5) is 0 Å². The summed E-state index contributed by atoms with van der Waals surface area (Å²) in [5.74, 6) is 1.03. The second kappa shape index (κ2) is 7.99. The molecule has 5 rings (SSSR count). The van der Waals surface area contributed by atoms with Crippen LogP contribution in [0.1, 0.15) is 47.8 Å². The molecule has 1 aromatic heterocycles. The molecule has 0 spiro atoms. The summed E-state index contributed by atoms with van der Waals surface area (Å²) in [6, 6.07) is 19.2. The minimum Gasteiger partial charge on any atom is -0.455 e. The van der Waals surface area contributed by atoms with Crippen molar-refractivity contribution in [3.05, 3.63) is 82.6 Å². The third kappa shape index (κ3) is 3.80. The molecule has 5 heteroatoms. The molecule has 1 heterocycles. The number of nitrogens with two attached hydrogens (primary N) is 1. The fraction of sp³-hybridized carbons (Fsp3) is 0.286. The van der Waals surface area contributed by atoms with Crippen molar-refractivity contribution in [3.63, 3.8) is 0 Å². The first-order valence-corrected chi connectivity index (χ1v) is 11.8. The Labute approximate surface area is 199 Å². The van der Waals surface area contributed by atoms with Crippen LogP contribution in [0.5, 0.6) is 0 Å². The van der Waals surface area contributed by atoms with E-state index in [1.54, 1.807) is 0 Å². The highest BCUT2D eigenvalue weighted by molar-refractivity contribution is 7.80. The van der Waals surface area contributed by atoms with Gasteiger partial charge in [0.05, 0.1) is 0 Å². The number of aryl methyl sites for hydroxylation is 3. The maximum Gasteiger partial charge on any atom is 0.184 e. The van der Waals surface area contributed by atoms with E-state index in [0.29, 0.717) is 0 Å². The Morgan fingerprint density at radius 1 is 1.03 bits per heavy atom. The Morgan fingerprint density at radius 2 is 1.73 bits per heavy atom. The normalized spacial score (nSPS) is 20.7. The van der Waals surface area contributed by atoms with E-state index in [9.17, 15) is 0 Å². The second-order valence-corrected chi connectivity index (χ2v) is 10.2. The molecule has 4 aromatic rings. The summed E-state index contributed by atoms with van der Waals surface area (Å²) in [6.45, 7) is 8.97. The zero-order valence-electron chi connectivity index (χ0n) is 19.5. The maximum atomic E-state index is 6.31. The molecular formula is C28H29N3OS. The molecular weight excluding hydrogens is 426 g/mol. The third-order valence-corrected chi connectivity index (χ3v) is 7.12. The summed E-state index contributed by atoms with van der Waals surface area (Å²) in [5, 5.41) is 8.24. The van der Waals surface area contributed by atoms with Crippen LogP contribution in [-0.4, -0.2) is 10.8 Å². The minimum absolute atomic E-state index is 0.106. The summed E-state index contributed by atoms with van der Waals surface area (Å²) < 4.78 is 6.31. The Morgan fingerprint density at radius 3 is 2.42 bits per heavy atom. The van der Waals surface area contributed by atoms with Gasteiger partial charge in [-0.3, -0.25) is 5.43 Å². The zero-order chi connectivity index (χ0) is 23.3. The highest BCUT2D eigenvalue weighted by Gasteiger charge is 2.46. The largest absolute Gasteiger partial charge is 0.455 e. The maximum absolute atomic E-state index is 6.31. The van der Waals surface area contributed by atoms with E-state index in [1.807, 2.05) is 6.07 Å². The predicted molar refractivity (Wildman–Crippen MR) is 141 cm³/mol. The van der Waals surface area contributed by atoms with Gasteiger partial charge in [0.2, 0.25) is 0 Å². The van der Waals surface area contributed by atoms with Crippen LogP contribution in [0.2, 0.25) is 0 Å². The van der Waals surface area contributed by atoms with Gasteiger partial charge in [-0.05, 0) is 90.8 Å². The van der Waals surface area contributed by atoms with E-state index in [0.717, 1.165) is 35.3 Å². The number of thiocarbonyl (C=S) groups is 1. The molecule has 168 valence electrons. The van der Waals surface area contributed by atoms with Gasteiger partial charge in [-0.1, -0.05) is 55.0 Å². The highest BCUT2D eigenvalue weighted by atomic mass is 32.1. The number of fused-ring (bicyclic) bond motifs is 3. The van der Waals surface area contributed by atoms with E-state index in [1.165, 1.54) is 33.0 Å². The smallest absolute Gasteiger partial charge is 0.184 e. The molecule has 0 amide bonds. The number of nitrogens with one attached hydrogen (secondary N) is 1. The summed E-state index contributed by atoms with van der Waals surface area (Å²) in [7, 11) is 0. The van der Waals surface area contributed by atoms with Crippen molar-refractivity contribution in [2.45, 2.75) is 46.0 Å². The van der Waals surface area contributed by atoms with E-state index in [4.69, 9.17) is 22.4 Å². The lowest BCUT2D eigenvalue weighted by Crippen LogP contribution is -2.44. The molecule has 33 heavy (non-hydrogen) atoms. The van der Waals surface area contributed by atoms with Crippen LogP contribution in [-0.2, 0) is 5.41 Å². The third-order valence-electron chi connectivity index (χ3n) is 7.03. The van der Waals surface area contributed by atoms with E-state index < -0.39 is 0 Å². The molecule has 3 N–H and O–H groups in total. The SMILES string of the molecule is Cc1cc(C)c(C2(C)CC(/C(=N/NC(N)=S)c3cc4c(ccc5ccccc54)o3)C2)c(C)c1. The molecule has 0 atom stereocenters. The van der Waals surface area contributed by atoms with Crippen molar-refractivity contribution >= 4 is 44.8 Å². The number of furan rings is 1. The van der Waals surface area contributed by atoms with Crippen LogP contribution in [0.15, 0.2) is 64.1 Å². The first-order chi connectivity index (χ1) is 15.7. The predicted octanol–water partition coefficient (Wildman–Crippen LogP) is 6.42. The van der Waals surface area contributed by atoms with Gasteiger partial charge in [0, 0.05) is 11.3 Å². The standard InChI is InChI=1S/C28H29N3OS/c1-16-11-17(2)25(18(3)12-16)28(4)14-20(15-28)26(30-31-27(29)33)24-13-22-21-8-6-5-7-19(21)9-10-23(22)32-24/h5-13,20H,14-15H2,1-4H3,(H3,29,31,33)/b30-26-. The van der Waals surface area contributed by atoms with Crippen LogP contribution in [0.25, 0.3) is 21.7 Å². The Balaban J connectivity index is 1.52. The van der Waals surface area contributed by atoms with Crippen molar-refractivity contribution in [1.82, 2.24) is 5.43 Å². The lowest BCUT2D eigenvalue weighted by atomic mass is 9.57. The number of hydrogen-bond donors (Lipinski definition) is 2. The van der Waals surface area contributed by atoms with Gasteiger partial charge >= 0.3 is 0 Å². The quantitative estimate of drug-likeness (QED) is 0.212. The van der Waals surface area contributed by atoms with Crippen molar-refractivity contribution in [2.75, 3.05) is 0 Å². The molecule has 1 saturated carbocycles. The fourth-order valence-corrected chi connectivity index (χ4v) is 5.98. The van der Waals surface area contributed by atoms with Crippen LogP contribution < -0.4 is 11.2 Å². The Bertz CT molecular complexity index is 1400. The Kier molecular flexibility index (Phi) is 5.25. The number of hydrazone groups is 1. The fourth-order valence-electron chi connectivity index (χ4n) is 5.94. The van der Waals surface area contributed by atoms with Crippen molar-refractivity contribution < 1.29 is 4.42 Å². The molecule has 0 saturated heterocycles. The first-order valence-electron chi connectivity index (χ1n) is 11.4. The number of rotatable bonds is 4. The Hall–Kier alpha value is -3.18. The monoisotopic (exact) mass is 455 g/mol. The number of benzene rings is 3. The average Bonchev–Trinajstić information content (AvgIpc) is 3.16. The molecule has 4 nitrogen and oxygen atoms in total. The van der Waals surface area contributed by atoms with Gasteiger partial charge in [-0.15, -0.1) is 0 Å². The van der Waals surface area contributed by atoms with Gasteiger partial charge in [-0.25, -0.2) is 0 Å². The van der Waals surface area contributed by atoms with Crippen molar-refractivity contribution in [2.24, 2.45) is 16.8 Å². The second-order valence-electron chi connectivity index (χ2n) is 9.72. The number of hydrogen-bond acceptors (Lipinski definition) is 3. The van der Waals surface area contributed by atoms with E-state index in [-0.39, 0.29) is 16.4 Å². The molecule has 1 fully saturated rings. The summed E-state index contributed by atoms with van der Waals surface area (Å²) in [4.78, 5) is 0. The highest BCUT2D eigenvalue weighted by Crippen LogP contribution is 2.51. The van der Waals surface area contributed by atoms with E-state index in [2.05, 4.69) is 86.8 Å². The first kappa shape index (κ1) is 21.7. The summed E-state index contributed by atoms with van der Waals surface area (Å²) >= 11 is 5.03. The van der Waals surface area contributed by atoms with Gasteiger partial charge in [0.15, 0.2) is 10.9 Å². The van der Waals surface area contributed by atoms with Crippen molar-refractivity contribution in [1.29, 1.82) is 0 Å². The topological polar surface area (TPSA) is 63.5 Å². The van der Waals surface area contributed by atoms with Crippen molar-refractivity contribution in [3.8, 4) is 0 Å². The van der Waals surface area contributed by atoms with Gasteiger partial charge < -0.3 is 10.2 Å². The van der Waals surface area contributed by atoms with Gasteiger partial charge in [0.1, 0.15) is 11.3 Å². The van der Waals surface area contributed by atoms with Crippen LogP contribution in [0, 0.1) is 26.7 Å².